The molecular formula is C11H11F5N6O. The van der Waals surface area contributed by atoms with Gasteiger partial charge in [0.05, 0.1) is 6.54 Å². The summed E-state index contributed by atoms with van der Waals surface area (Å²) in [6.45, 7) is 0.167. The van der Waals surface area contributed by atoms with Crippen LogP contribution in [0, 0.1) is 0 Å². The zero-order valence-corrected chi connectivity index (χ0v) is 11.7. The Balaban J connectivity index is 1.96. The van der Waals surface area contributed by atoms with Crippen LogP contribution < -0.4 is 9.64 Å². The number of aromatic nitrogens is 5. The highest BCUT2D eigenvalue weighted by molar-refractivity contribution is 5.82. The van der Waals surface area contributed by atoms with Crippen LogP contribution in [0.25, 0.3) is 11.2 Å². The van der Waals surface area contributed by atoms with Gasteiger partial charge in [-0.05, 0) is 6.92 Å². The van der Waals surface area contributed by atoms with E-state index in [1.54, 1.807) is 0 Å². The van der Waals surface area contributed by atoms with Crippen LogP contribution in [0.2, 0.25) is 0 Å². The van der Waals surface area contributed by atoms with E-state index in [0.29, 0.717) is 0 Å². The molecule has 126 valence electrons. The van der Waals surface area contributed by atoms with Crippen LogP contribution in [0.15, 0.2) is 0 Å². The summed E-state index contributed by atoms with van der Waals surface area (Å²) in [6.07, 6.45) is -7.14. The molecule has 0 spiro atoms. The van der Waals surface area contributed by atoms with Gasteiger partial charge in [-0.25, -0.2) is 8.78 Å². The van der Waals surface area contributed by atoms with Gasteiger partial charge in [0.25, 0.3) is 5.92 Å². The molecule has 7 nitrogen and oxygen atoms in total. The van der Waals surface area contributed by atoms with Crippen molar-refractivity contribution in [3.63, 3.8) is 0 Å². The summed E-state index contributed by atoms with van der Waals surface area (Å²) in [5, 5.41) is 9.65. The third kappa shape index (κ3) is 3.10. The maximum absolute atomic E-state index is 13.4. The molecule has 1 fully saturated rings. The zero-order chi connectivity index (χ0) is 16.8. The van der Waals surface area contributed by atoms with Gasteiger partial charge in [-0.3, -0.25) is 0 Å². The van der Waals surface area contributed by atoms with Crippen LogP contribution in [0.4, 0.5) is 27.8 Å². The Labute approximate surface area is 125 Å². The number of aromatic amines is 1. The Morgan fingerprint density at radius 1 is 1.26 bits per heavy atom. The number of nitrogens with one attached hydrogen (secondary N) is 1. The van der Waals surface area contributed by atoms with Gasteiger partial charge < -0.3 is 9.64 Å². The minimum Gasteiger partial charge on any atom is -0.451 e. The van der Waals surface area contributed by atoms with Crippen molar-refractivity contribution in [1.82, 2.24) is 25.4 Å². The van der Waals surface area contributed by atoms with Crippen molar-refractivity contribution in [2.45, 2.75) is 31.5 Å². The predicted molar refractivity (Wildman–Crippen MR) is 67.4 cm³/mol. The van der Waals surface area contributed by atoms with Crippen LogP contribution in [-0.2, 0) is 0 Å². The highest BCUT2D eigenvalue weighted by atomic mass is 19.4. The van der Waals surface area contributed by atoms with Crippen LogP contribution >= 0.6 is 0 Å². The fourth-order valence-electron chi connectivity index (χ4n) is 2.13. The third-order valence-electron chi connectivity index (χ3n) is 3.36. The molecule has 1 saturated heterocycles. The van der Waals surface area contributed by atoms with Gasteiger partial charge in [-0.2, -0.15) is 33.5 Å². The first-order chi connectivity index (χ1) is 10.7. The van der Waals surface area contributed by atoms with Gasteiger partial charge in [0.15, 0.2) is 17.4 Å². The van der Waals surface area contributed by atoms with Crippen molar-refractivity contribution in [2.75, 3.05) is 18.0 Å². The van der Waals surface area contributed by atoms with E-state index in [1.807, 2.05) is 0 Å². The van der Waals surface area contributed by atoms with E-state index in [-0.39, 0.29) is 29.9 Å². The fraction of sp³-hybridized carbons (Fsp3) is 0.636. The molecular weight excluding hydrogens is 327 g/mol. The Hall–Kier alpha value is -2.27. The molecule has 2 aromatic rings. The van der Waals surface area contributed by atoms with E-state index in [1.165, 1.54) is 4.90 Å². The van der Waals surface area contributed by atoms with Crippen molar-refractivity contribution in [3.05, 3.63) is 0 Å². The van der Waals surface area contributed by atoms with E-state index < -0.39 is 30.8 Å². The summed E-state index contributed by atoms with van der Waals surface area (Å²) in [5.41, 5.74) is 0.0318. The first kappa shape index (κ1) is 15.6. The molecule has 3 heterocycles. The van der Waals surface area contributed by atoms with E-state index >= 15 is 0 Å². The molecule has 1 aliphatic rings. The highest BCUT2D eigenvalue weighted by Crippen LogP contribution is 2.33. The van der Waals surface area contributed by atoms with E-state index in [4.69, 9.17) is 0 Å². The van der Waals surface area contributed by atoms with E-state index in [2.05, 4.69) is 30.1 Å². The molecule has 1 aliphatic heterocycles. The molecule has 2 aromatic heterocycles. The topological polar surface area (TPSA) is 79.8 Å². The van der Waals surface area contributed by atoms with E-state index in [0.717, 1.165) is 6.92 Å². The summed E-state index contributed by atoms with van der Waals surface area (Å²) in [7, 11) is 0. The maximum atomic E-state index is 13.4. The lowest BCUT2D eigenvalue weighted by Crippen LogP contribution is -2.32. The molecule has 1 atom stereocenters. The fourth-order valence-corrected chi connectivity index (χ4v) is 2.13. The predicted octanol–water partition coefficient (Wildman–Crippen LogP) is 1.92. The number of anilines is 1. The average molecular weight is 338 g/mol. The minimum absolute atomic E-state index is 0.0137. The quantitative estimate of drug-likeness (QED) is 0.862. The molecule has 0 aromatic carbocycles. The number of nitrogens with zero attached hydrogens (tertiary/aromatic N) is 5. The van der Waals surface area contributed by atoms with Gasteiger partial charge in [0, 0.05) is 13.0 Å². The zero-order valence-electron chi connectivity index (χ0n) is 11.7. The molecule has 23 heavy (non-hydrogen) atoms. The van der Waals surface area contributed by atoms with Crippen molar-refractivity contribution >= 4 is 17.0 Å². The van der Waals surface area contributed by atoms with Gasteiger partial charge >= 0.3 is 12.2 Å². The number of ether oxygens (including phenoxy) is 1. The van der Waals surface area contributed by atoms with Crippen molar-refractivity contribution < 1.29 is 26.7 Å². The molecule has 0 radical (unpaired) electrons. The smallest absolute Gasteiger partial charge is 0.425 e. The molecule has 0 saturated carbocycles. The Morgan fingerprint density at radius 2 is 2.00 bits per heavy atom. The Morgan fingerprint density at radius 3 is 2.61 bits per heavy atom. The van der Waals surface area contributed by atoms with Crippen LogP contribution in [-0.4, -0.2) is 56.7 Å². The number of H-pyrrole nitrogens is 1. The number of hydrogen-bond acceptors (Lipinski definition) is 6. The van der Waals surface area contributed by atoms with Gasteiger partial charge in [-0.15, -0.1) is 5.10 Å². The lowest BCUT2D eigenvalue weighted by molar-refractivity contribution is -0.190. The highest BCUT2D eigenvalue weighted by Gasteiger charge is 2.41. The Bertz CT molecular complexity index is 716. The first-order valence-corrected chi connectivity index (χ1v) is 6.60. The number of halogens is 5. The summed E-state index contributed by atoms with van der Waals surface area (Å²) in [5.74, 6) is -2.94. The van der Waals surface area contributed by atoms with Crippen LogP contribution in [0.3, 0.4) is 0 Å². The second kappa shape index (κ2) is 5.13. The number of alkyl halides is 5. The molecule has 0 bridgehead atoms. The minimum atomic E-state index is -4.61. The summed E-state index contributed by atoms with van der Waals surface area (Å²) in [4.78, 5) is 8.74. The first-order valence-electron chi connectivity index (χ1n) is 6.60. The molecule has 1 unspecified atom stereocenters. The largest absolute Gasteiger partial charge is 0.451 e. The molecule has 3 rings (SSSR count). The standard InChI is InChI=1S/C11H11F5N6O/c1-5(11(14,15)16)23-9-17-7-6(19-21-20-7)8(18-9)22-3-2-10(12,13)4-22/h5H,2-4H2,1H3,(H,17,18,19,20,21). The van der Waals surface area contributed by atoms with Crippen molar-refractivity contribution in [3.8, 4) is 6.01 Å². The molecule has 1 N–H and O–H groups in total. The Kier molecular flexibility index (Phi) is 3.48. The second-order valence-electron chi connectivity index (χ2n) is 5.15. The number of fused-ring (bicyclic) bond motifs is 1. The van der Waals surface area contributed by atoms with Crippen LogP contribution in [0.1, 0.15) is 13.3 Å². The number of hydrogen-bond donors (Lipinski definition) is 1. The third-order valence-corrected chi connectivity index (χ3v) is 3.36. The van der Waals surface area contributed by atoms with Gasteiger partial charge in [0.1, 0.15) is 0 Å². The second-order valence-corrected chi connectivity index (χ2v) is 5.15. The lowest BCUT2D eigenvalue weighted by Gasteiger charge is -2.19. The van der Waals surface area contributed by atoms with Crippen LogP contribution in [0.5, 0.6) is 6.01 Å². The maximum Gasteiger partial charge on any atom is 0.425 e. The lowest BCUT2D eigenvalue weighted by atomic mass is 10.3. The van der Waals surface area contributed by atoms with Crippen molar-refractivity contribution in [1.29, 1.82) is 0 Å². The molecule has 12 heteroatoms. The summed E-state index contributed by atoms with van der Waals surface area (Å²) in [6, 6.07) is -0.596. The van der Waals surface area contributed by atoms with E-state index in [9.17, 15) is 22.0 Å². The summed E-state index contributed by atoms with van der Waals surface area (Å²) >= 11 is 0. The summed E-state index contributed by atoms with van der Waals surface area (Å²) < 4.78 is 69.1. The van der Waals surface area contributed by atoms with Gasteiger partial charge in [-0.1, -0.05) is 0 Å². The van der Waals surface area contributed by atoms with Crippen molar-refractivity contribution in [2.24, 2.45) is 0 Å². The molecule has 0 aliphatic carbocycles. The molecule has 0 amide bonds. The van der Waals surface area contributed by atoms with Gasteiger partial charge in [0.2, 0.25) is 5.65 Å². The monoisotopic (exact) mass is 338 g/mol. The average Bonchev–Trinajstić information content (AvgIpc) is 3.02. The number of rotatable bonds is 3. The SMILES string of the molecule is CC(Oc1nc(N2CCC(F)(F)C2)c2n[nH]nc2n1)C(F)(F)F. The normalized spacial score (nSPS) is 19.3.